The average Bonchev–Trinajstić information content (AvgIpc) is 3.07. The Kier molecular flexibility index (Phi) is 4.99. The number of fused-ring (bicyclic) bond motifs is 1. The van der Waals surface area contributed by atoms with Crippen LogP contribution < -0.4 is 20.5 Å². The molecule has 132 valence electrons. The molecular weight excluding hydrogens is 304 g/mol. The van der Waals surface area contributed by atoms with E-state index in [0.717, 1.165) is 24.3 Å². The van der Waals surface area contributed by atoms with Gasteiger partial charge in [-0.1, -0.05) is 39.2 Å². The van der Waals surface area contributed by atoms with Crippen LogP contribution in [0.3, 0.4) is 0 Å². The molecule has 0 spiro atoms. The number of amides is 1. The van der Waals surface area contributed by atoms with E-state index >= 15 is 0 Å². The molecule has 0 aromatic heterocycles. The van der Waals surface area contributed by atoms with Crippen LogP contribution >= 0.6 is 0 Å². The SMILES string of the molecule is CC(C)[C@H](N)C(=O)NCC1(c2ccc3c(c2)OCO3)CCCCC1. The van der Waals surface area contributed by atoms with E-state index in [0.29, 0.717) is 6.54 Å². The molecular formula is C19H28N2O3. The summed E-state index contributed by atoms with van der Waals surface area (Å²) in [7, 11) is 0. The van der Waals surface area contributed by atoms with Gasteiger partial charge in [-0.25, -0.2) is 0 Å². The Hall–Kier alpha value is -1.75. The van der Waals surface area contributed by atoms with E-state index in [1.165, 1.54) is 24.8 Å². The number of nitrogens with two attached hydrogens (primary N) is 1. The van der Waals surface area contributed by atoms with Gasteiger partial charge in [-0.2, -0.15) is 0 Å². The Labute approximate surface area is 143 Å². The van der Waals surface area contributed by atoms with Crippen LogP contribution in [0.4, 0.5) is 0 Å². The molecule has 2 aliphatic rings. The number of nitrogens with one attached hydrogen (secondary N) is 1. The van der Waals surface area contributed by atoms with Crippen molar-refractivity contribution in [2.24, 2.45) is 11.7 Å². The molecule has 1 aromatic carbocycles. The smallest absolute Gasteiger partial charge is 0.237 e. The van der Waals surface area contributed by atoms with Crippen molar-refractivity contribution in [1.82, 2.24) is 5.32 Å². The summed E-state index contributed by atoms with van der Waals surface area (Å²) in [5.41, 5.74) is 7.17. The van der Waals surface area contributed by atoms with Crippen LogP contribution in [0.25, 0.3) is 0 Å². The first-order chi connectivity index (χ1) is 11.5. The fourth-order valence-corrected chi connectivity index (χ4v) is 3.70. The molecule has 1 heterocycles. The number of hydrogen-bond donors (Lipinski definition) is 2. The van der Waals surface area contributed by atoms with Crippen LogP contribution in [-0.4, -0.2) is 25.3 Å². The maximum atomic E-state index is 12.3. The number of ether oxygens (including phenoxy) is 2. The highest BCUT2D eigenvalue weighted by Crippen LogP contribution is 2.43. The Morgan fingerprint density at radius 3 is 2.62 bits per heavy atom. The van der Waals surface area contributed by atoms with Gasteiger partial charge < -0.3 is 20.5 Å². The van der Waals surface area contributed by atoms with Gasteiger partial charge in [0.05, 0.1) is 6.04 Å². The molecule has 1 aliphatic carbocycles. The molecule has 5 heteroatoms. The van der Waals surface area contributed by atoms with Crippen LogP contribution in [0, 0.1) is 5.92 Å². The fraction of sp³-hybridized carbons (Fsp3) is 0.632. The zero-order valence-corrected chi connectivity index (χ0v) is 14.6. The molecule has 5 nitrogen and oxygen atoms in total. The minimum absolute atomic E-state index is 0.0361. The van der Waals surface area contributed by atoms with Crippen LogP contribution in [0.5, 0.6) is 11.5 Å². The Morgan fingerprint density at radius 2 is 1.92 bits per heavy atom. The highest BCUT2D eigenvalue weighted by Gasteiger charge is 2.36. The number of rotatable bonds is 5. The van der Waals surface area contributed by atoms with Gasteiger partial charge in [-0.05, 0) is 36.5 Å². The minimum atomic E-state index is -0.456. The third-order valence-electron chi connectivity index (χ3n) is 5.42. The second-order valence-corrected chi connectivity index (χ2v) is 7.40. The van der Waals surface area contributed by atoms with Crippen molar-refractivity contribution >= 4 is 5.91 Å². The number of hydrogen-bond acceptors (Lipinski definition) is 4. The second-order valence-electron chi connectivity index (χ2n) is 7.40. The van der Waals surface area contributed by atoms with Crippen molar-refractivity contribution < 1.29 is 14.3 Å². The minimum Gasteiger partial charge on any atom is -0.454 e. The third-order valence-corrected chi connectivity index (χ3v) is 5.42. The van der Waals surface area contributed by atoms with Gasteiger partial charge in [0.2, 0.25) is 12.7 Å². The fourth-order valence-electron chi connectivity index (χ4n) is 3.70. The Bertz CT molecular complexity index is 594. The summed E-state index contributed by atoms with van der Waals surface area (Å²) in [6.07, 6.45) is 5.76. The first kappa shape index (κ1) is 17.1. The molecule has 1 amide bonds. The molecule has 0 bridgehead atoms. The lowest BCUT2D eigenvalue weighted by Crippen LogP contribution is -2.49. The van der Waals surface area contributed by atoms with Crippen molar-refractivity contribution in [2.45, 2.75) is 57.4 Å². The van der Waals surface area contributed by atoms with E-state index in [9.17, 15) is 4.79 Å². The maximum Gasteiger partial charge on any atom is 0.237 e. The van der Waals surface area contributed by atoms with Gasteiger partial charge in [-0.15, -0.1) is 0 Å². The van der Waals surface area contributed by atoms with Crippen molar-refractivity contribution in [2.75, 3.05) is 13.3 Å². The first-order valence-electron chi connectivity index (χ1n) is 8.95. The molecule has 1 aliphatic heterocycles. The number of benzene rings is 1. The van der Waals surface area contributed by atoms with Gasteiger partial charge in [0, 0.05) is 12.0 Å². The molecule has 0 saturated heterocycles. The highest BCUT2D eigenvalue weighted by atomic mass is 16.7. The third kappa shape index (κ3) is 3.36. The molecule has 3 rings (SSSR count). The van der Waals surface area contributed by atoms with Crippen molar-refractivity contribution in [3.63, 3.8) is 0 Å². The highest BCUT2D eigenvalue weighted by molar-refractivity contribution is 5.81. The predicted octanol–water partition coefficient (Wildman–Crippen LogP) is 2.72. The summed E-state index contributed by atoms with van der Waals surface area (Å²) < 4.78 is 11.0. The molecule has 24 heavy (non-hydrogen) atoms. The van der Waals surface area contributed by atoms with E-state index in [1.54, 1.807) is 0 Å². The standard InChI is InChI=1S/C19H28N2O3/c1-13(2)17(20)18(22)21-11-19(8-4-3-5-9-19)14-6-7-15-16(10-14)24-12-23-15/h6-7,10,13,17H,3-5,8-9,11-12,20H2,1-2H3,(H,21,22)/t17-/m0/s1. The lowest BCUT2D eigenvalue weighted by atomic mass is 9.69. The largest absolute Gasteiger partial charge is 0.454 e. The molecule has 1 saturated carbocycles. The van der Waals surface area contributed by atoms with Gasteiger partial charge in [0.1, 0.15) is 0 Å². The van der Waals surface area contributed by atoms with Crippen molar-refractivity contribution in [3.05, 3.63) is 23.8 Å². The number of carbonyl (C=O) groups is 1. The lowest BCUT2D eigenvalue weighted by molar-refractivity contribution is -0.123. The van der Waals surface area contributed by atoms with E-state index in [-0.39, 0.29) is 24.0 Å². The van der Waals surface area contributed by atoms with Crippen LogP contribution in [-0.2, 0) is 10.2 Å². The van der Waals surface area contributed by atoms with E-state index in [2.05, 4.69) is 17.4 Å². The van der Waals surface area contributed by atoms with Gasteiger partial charge >= 0.3 is 0 Å². The zero-order chi connectivity index (χ0) is 17.2. The number of carbonyl (C=O) groups excluding carboxylic acids is 1. The quantitative estimate of drug-likeness (QED) is 0.869. The Morgan fingerprint density at radius 1 is 1.21 bits per heavy atom. The summed E-state index contributed by atoms with van der Waals surface area (Å²) in [5.74, 6) is 1.69. The summed E-state index contributed by atoms with van der Waals surface area (Å²) in [4.78, 5) is 12.3. The van der Waals surface area contributed by atoms with Crippen molar-refractivity contribution in [3.8, 4) is 11.5 Å². The van der Waals surface area contributed by atoms with Crippen molar-refractivity contribution in [1.29, 1.82) is 0 Å². The van der Waals surface area contributed by atoms with Crippen LogP contribution in [0.15, 0.2) is 18.2 Å². The summed E-state index contributed by atoms with van der Waals surface area (Å²) in [5, 5.41) is 3.10. The van der Waals surface area contributed by atoms with E-state index in [4.69, 9.17) is 15.2 Å². The summed E-state index contributed by atoms with van der Waals surface area (Å²) >= 11 is 0. The van der Waals surface area contributed by atoms with E-state index < -0.39 is 6.04 Å². The molecule has 0 unspecified atom stereocenters. The second kappa shape index (κ2) is 7.01. The van der Waals surface area contributed by atoms with Crippen LogP contribution in [0.2, 0.25) is 0 Å². The van der Waals surface area contributed by atoms with E-state index in [1.807, 2.05) is 19.9 Å². The lowest BCUT2D eigenvalue weighted by Gasteiger charge is -2.38. The monoisotopic (exact) mass is 332 g/mol. The average molecular weight is 332 g/mol. The first-order valence-corrected chi connectivity index (χ1v) is 8.95. The molecule has 0 radical (unpaired) electrons. The maximum absolute atomic E-state index is 12.3. The predicted molar refractivity (Wildman–Crippen MR) is 93.2 cm³/mol. The zero-order valence-electron chi connectivity index (χ0n) is 14.6. The Balaban J connectivity index is 1.79. The van der Waals surface area contributed by atoms with Crippen LogP contribution in [0.1, 0.15) is 51.5 Å². The molecule has 3 N–H and O–H groups in total. The van der Waals surface area contributed by atoms with Gasteiger partial charge in [0.25, 0.3) is 0 Å². The van der Waals surface area contributed by atoms with Gasteiger partial charge in [0.15, 0.2) is 11.5 Å². The molecule has 1 aromatic rings. The summed E-state index contributed by atoms with van der Waals surface area (Å²) in [6.45, 7) is 4.86. The molecule has 1 atom stereocenters. The van der Waals surface area contributed by atoms with Gasteiger partial charge in [-0.3, -0.25) is 4.79 Å². The topological polar surface area (TPSA) is 73.6 Å². The summed E-state index contributed by atoms with van der Waals surface area (Å²) in [6, 6.07) is 5.73. The normalized spacial score (nSPS) is 20.0. The molecule has 1 fully saturated rings.